The van der Waals surface area contributed by atoms with Gasteiger partial charge in [0.1, 0.15) is 5.82 Å². The highest BCUT2D eigenvalue weighted by Crippen LogP contribution is 2.40. The number of benzene rings is 1. The summed E-state index contributed by atoms with van der Waals surface area (Å²) in [6, 6.07) is 6.16. The lowest BCUT2D eigenvalue weighted by atomic mass is 10.1. The van der Waals surface area contributed by atoms with Crippen LogP contribution < -0.4 is 0 Å². The van der Waals surface area contributed by atoms with Gasteiger partial charge in [-0.25, -0.2) is 8.42 Å². The fourth-order valence-corrected chi connectivity index (χ4v) is 5.62. The van der Waals surface area contributed by atoms with Gasteiger partial charge in [-0.2, -0.15) is 4.31 Å². The first-order valence-electron chi connectivity index (χ1n) is 9.77. The van der Waals surface area contributed by atoms with E-state index < -0.39 is 10.0 Å². The van der Waals surface area contributed by atoms with Crippen LogP contribution in [0.4, 0.5) is 0 Å². The minimum atomic E-state index is -3.55. The van der Waals surface area contributed by atoms with Crippen molar-refractivity contribution >= 4 is 27.6 Å². The fraction of sp³-hybridized carbons (Fsp3) is 0.526. The van der Waals surface area contributed by atoms with E-state index in [1.165, 1.54) is 28.2 Å². The number of carbonyl (C=O) groups excluding carboxylic acids is 1. The lowest BCUT2D eigenvalue weighted by Gasteiger charge is -2.26. The van der Waals surface area contributed by atoms with E-state index in [1.807, 2.05) is 0 Å². The number of sulfonamides is 1. The minimum Gasteiger partial charge on any atom is -0.379 e. The third-order valence-corrected chi connectivity index (χ3v) is 8.00. The normalized spacial score (nSPS) is 18.1. The third-order valence-electron chi connectivity index (χ3n) is 5.12. The van der Waals surface area contributed by atoms with Crippen molar-refractivity contribution in [3.63, 3.8) is 0 Å². The van der Waals surface area contributed by atoms with Crippen molar-refractivity contribution in [1.29, 1.82) is 0 Å². The predicted molar refractivity (Wildman–Crippen MR) is 109 cm³/mol. The molecule has 2 fully saturated rings. The number of ketones is 1. The maximum Gasteiger partial charge on any atom is 0.243 e. The second-order valence-corrected chi connectivity index (χ2v) is 9.99. The zero-order valence-electron chi connectivity index (χ0n) is 16.3. The molecule has 8 nitrogen and oxygen atoms in total. The first-order valence-corrected chi connectivity index (χ1v) is 12.2. The van der Waals surface area contributed by atoms with Crippen molar-refractivity contribution in [3.05, 3.63) is 35.7 Å². The molecule has 1 aromatic carbocycles. The van der Waals surface area contributed by atoms with Gasteiger partial charge in [-0.15, -0.1) is 10.2 Å². The van der Waals surface area contributed by atoms with Crippen LogP contribution in [0.5, 0.6) is 0 Å². The Kier molecular flexibility index (Phi) is 6.05. The summed E-state index contributed by atoms with van der Waals surface area (Å²) in [6.07, 6.45) is 2.31. The van der Waals surface area contributed by atoms with Gasteiger partial charge in [0.15, 0.2) is 10.9 Å². The van der Waals surface area contributed by atoms with Crippen molar-refractivity contribution in [2.24, 2.45) is 0 Å². The van der Waals surface area contributed by atoms with Crippen LogP contribution in [0.15, 0.2) is 34.3 Å². The first-order chi connectivity index (χ1) is 14.0. The number of aromatic nitrogens is 3. The summed E-state index contributed by atoms with van der Waals surface area (Å²) >= 11 is 1.37. The molecule has 1 aromatic heterocycles. The van der Waals surface area contributed by atoms with Crippen molar-refractivity contribution in [1.82, 2.24) is 19.1 Å². The number of nitrogens with zero attached hydrogens (tertiary/aromatic N) is 4. The molecule has 1 aliphatic heterocycles. The van der Waals surface area contributed by atoms with Gasteiger partial charge in [-0.3, -0.25) is 4.79 Å². The zero-order chi connectivity index (χ0) is 20.4. The van der Waals surface area contributed by atoms with Gasteiger partial charge >= 0.3 is 0 Å². The molecule has 10 heteroatoms. The van der Waals surface area contributed by atoms with Crippen molar-refractivity contribution in [2.45, 2.75) is 42.3 Å². The Morgan fingerprint density at radius 2 is 1.86 bits per heavy atom. The van der Waals surface area contributed by atoms with E-state index in [2.05, 4.69) is 21.7 Å². The number of Topliss-reactive ketones (excluding diaryl/α,β-unsaturated/α-hetero) is 1. The Bertz CT molecular complexity index is 978. The molecule has 0 amide bonds. The summed E-state index contributed by atoms with van der Waals surface area (Å²) < 4.78 is 34.1. The SMILES string of the molecule is CCn1c(SCC(=O)c2ccc(S(=O)(=O)N3CCOCC3)cc2)nnc1C1CC1. The van der Waals surface area contributed by atoms with Crippen LogP contribution in [0, 0.1) is 0 Å². The summed E-state index contributed by atoms with van der Waals surface area (Å²) in [7, 11) is -3.55. The summed E-state index contributed by atoms with van der Waals surface area (Å²) in [5.74, 6) is 1.69. The minimum absolute atomic E-state index is 0.0658. The van der Waals surface area contributed by atoms with Crippen molar-refractivity contribution in [3.8, 4) is 0 Å². The summed E-state index contributed by atoms with van der Waals surface area (Å²) in [4.78, 5) is 12.8. The van der Waals surface area contributed by atoms with Crippen LogP contribution in [0.1, 0.15) is 41.9 Å². The van der Waals surface area contributed by atoms with Gasteiger partial charge in [0.25, 0.3) is 0 Å². The Morgan fingerprint density at radius 1 is 1.17 bits per heavy atom. The molecule has 0 spiro atoms. The zero-order valence-corrected chi connectivity index (χ0v) is 17.9. The largest absolute Gasteiger partial charge is 0.379 e. The number of thioether (sulfide) groups is 1. The molecular formula is C19H24N4O4S2. The van der Waals surface area contributed by atoms with Crippen molar-refractivity contribution < 1.29 is 17.9 Å². The highest BCUT2D eigenvalue weighted by molar-refractivity contribution is 7.99. The molecule has 2 aliphatic rings. The molecule has 1 saturated heterocycles. The topological polar surface area (TPSA) is 94.4 Å². The van der Waals surface area contributed by atoms with Gasteiger partial charge in [0.05, 0.1) is 23.9 Å². The summed E-state index contributed by atoms with van der Waals surface area (Å²) in [6.45, 7) is 4.33. The van der Waals surface area contributed by atoms with Crippen LogP contribution in [0.2, 0.25) is 0 Å². The molecule has 0 atom stereocenters. The average molecular weight is 437 g/mol. The number of hydrogen-bond donors (Lipinski definition) is 0. The van der Waals surface area contributed by atoms with Crippen LogP contribution in [0.25, 0.3) is 0 Å². The van der Waals surface area contributed by atoms with Crippen molar-refractivity contribution in [2.75, 3.05) is 32.1 Å². The molecule has 156 valence electrons. The molecule has 0 bridgehead atoms. The number of ether oxygens (including phenoxy) is 1. The molecule has 0 radical (unpaired) electrons. The average Bonchev–Trinajstić information content (AvgIpc) is 3.52. The number of rotatable bonds is 8. The Labute approximate surface area is 174 Å². The smallest absolute Gasteiger partial charge is 0.243 e. The summed E-state index contributed by atoms with van der Waals surface area (Å²) in [5, 5.41) is 9.28. The second kappa shape index (κ2) is 8.55. The molecule has 0 N–H and O–H groups in total. The first kappa shape index (κ1) is 20.5. The van der Waals surface area contributed by atoms with Gasteiger partial charge in [0, 0.05) is 31.1 Å². The highest BCUT2D eigenvalue weighted by atomic mass is 32.2. The molecule has 2 heterocycles. The molecule has 4 rings (SSSR count). The van der Waals surface area contributed by atoms with Gasteiger partial charge in [-0.05, 0) is 31.9 Å². The van der Waals surface area contributed by atoms with E-state index in [0.717, 1.165) is 30.4 Å². The maximum absolute atomic E-state index is 12.7. The van der Waals surface area contributed by atoms with Gasteiger partial charge < -0.3 is 9.30 Å². The Hall–Kier alpha value is -1.75. The van der Waals surface area contributed by atoms with E-state index in [0.29, 0.717) is 37.8 Å². The van der Waals surface area contributed by atoms with Gasteiger partial charge in [-0.1, -0.05) is 23.9 Å². The van der Waals surface area contributed by atoms with E-state index in [-0.39, 0.29) is 16.4 Å². The predicted octanol–water partition coefficient (Wildman–Crippen LogP) is 2.17. The third kappa shape index (κ3) is 4.40. The van der Waals surface area contributed by atoms with E-state index in [9.17, 15) is 13.2 Å². The van der Waals surface area contributed by atoms with E-state index >= 15 is 0 Å². The monoisotopic (exact) mass is 436 g/mol. The molecule has 1 saturated carbocycles. The lowest BCUT2D eigenvalue weighted by molar-refractivity contribution is 0.0730. The fourth-order valence-electron chi connectivity index (χ4n) is 3.31. The van der Waals surface area contributed by atoms with E-state index in [1.54, 1.807) is 12.1 Å². The quantitative estimate of drug-likeness (QED) is 0.462. The number of hydrogen-bond acceptors (Lipinski definition) is 7. The Morgan fingerprint density at radius 3 is 2.48 bits per heavy atom. The maximum atomic E-state index is 12.7. The number of carbonyl (C=O) groups is 1. The molecule has 1 aliphatic carbocycles. The van der Waals surface area contributed by atoms with Crippen LogP contribution >= 0.6 is 11.8 Å². The van der Waals surface area contributed by atoms with Crippen LogP contribution in [0.3, 0.4) is 0 Å². The molecule has 29 heavy (non-hydrogen) atoms. The molecule has 0 unspecified atom stereocenters. The lowest BCUT2D eigenvalue weighted by Crippen LogP contribution is -2.40. The molecular weight excluding hydrogens is 412 g/mol. The standard InChI is InChI=1S/C19H24N4O4S2/c1-2-23-18(15-3-4-15)20-21-19(23)28-13-17(24)14-5-7-16(8-6-14)29(25,26)22-9-11-27-12-10-22/h5-8,15H,2-4,9-13H2,1H3. The number of morpholine rings is 1. The van der Waals surface area contributed by atoms with E-state index in [4.69, 9.17) is 4.74 Å². The highest BCUT2D eigenvalue weighted by Gasteiger charge is 2.30. The van der Waals surface area contributed by atoms with Gasteiger partial charge in [0.2, 0.25) is 10.0 Å². The van der Waals surface area contributed by atoms with Crippen LogP contribution in [-0.2, 0) is 21.3 Å². The van der Waals surface area contributed by atoms with Crippen LogP contribution in [-0.4, -0.2) is 65.3 Å². The summed E-state index contributed by atoms with van der Waals surface area (Å²) in [5.41, 5.74) is 0.489. The molecule has 2 aromatic rings. The Balaban J connectivity index is 1.41. The second-order valence-electron chi connectivity index (χ2n) is 7.11.